The topological polar surface area (TPSA) is 89.3 Å². The Morgan fingerprint density at radius 1 is 1.56 bits per heavy atom. The predicted octanol–water partition coefficient (Wildman–Crippen LogP) is 0.783. The summed E-state index contributed by atoms with van der Waals surface area (Å²) in [7, 11) is -3.54. The molecule has 0 aromatic carbocycles. The number of carboxylic acid groups (broad SMARTS) is 1. The lowest BCUT2D eigenvalue weighted by Gasteiger charge is -2.08. The molecule has 16 heavy (non-hydrogen) atoms. The average molecular weight is 246 g/mol. The zero-order valence-electron chi connectivity index (χ0n) is 9.34. The van der Waals surface area contributed by atoms with Gasteiger partial charge in [-0.15, -0.1) is 0 Å². The van der Waals surface area contributed by atoms with E-state index in [1.54, 1.807) is 6.92 Å². The molecular formula is C9H14N2O4S. The number of carboxylic acids is 1. The van der Waals surface area contributed by atoms with Gasteiger partial charge in [0.15, 0.2) is 5.69 Å². The van der Waals surface area contributed by atoms with Gasteiger partial charge in [-0.3, -0.25) is 0 Å². The fraction of sp³-hybridized carbons (Fsp3) is 0.556. The van der Waals surface area contributed by atoms with Crippen molar-refractivity contribution >= 4 is 15.8 Å². The summed E-state index contributed by atoms with van der Waals surface area (Å²) in [5, 5.41) is 7.95. The van der Waals surface area contributed by atoms with E-state index in [9.17, 15) is 13.2 Å². The SMILES string of the molecule is CCn1cc(C(=O)O)nc1S(=O)(=O)C(C)C. The van der Waals surface area contributed by atoms with Crippen LogP contribution in [0.15, 0.2) is 11.4 Å². The Labute approximate surface area is 93.8 Å². The van der Waals surface area contributed by atoms with Crippen LogP contribution >= 0.6 is 0 Å². The maximum atomic E-state index is 11.9. The summed E-state index contributed by atoms with van der Waals surface area (Å²) in [6.45, 7) is 5.16. The maximum absolute atomic E-state index is 11.9. The molecule has 0 spiro atoms. The van der Waals surface area contributed by atoms with E-state index in [-0.39, 0.29) is 10.9 Å². The second-order valence-corrected chi connectivity index (χ2v) is 5.99. The zero-order valence-corrected chi connectivity index (χ0v) is 10.2. The molecule has 0 saturated heterocycles. The molecule has 1 aromatic rings. The molecule has 7 heteroatoms. The Morgan fingerprint density at radius 2 is 2.12 bits per heavy atom. The van der Waals surface area contributed by atoms with Gasteiger partial charge in [0.2, 0.25) is 15.0 Å². The molecule has 0 saturated carbocycles. The first-order valence-electron chi connectivity index (χ1n) is 4.85. The monoisotopic (exact) mass is 246 g/mol. The molecule has 0 aliphatic heterocycles. The van der Waals surface area contributed by atoms with Crippen LogP contribution in [0.1, 0.15) is 31.3 Å². The third kappa shape index (κ3) is 2.08. The van der Waals surface area contributed by atoms with E-state index in [2.05, 4.69) is 4.98 Å². The van der Waals surface area contributed by atoms with Crippen molar-refractivity contribution in [2.45, 2.75) is 37.7 Å². The maximum Gasteiger partial charge on any atom is 0.356 e. The Hall–Kier alpha value is -1.37. The summed E-state index contributed by atoms with van der Waals surface area (Å²) >= 11 is 0. The van der Waals surface area contributed by atoms with E-state index in [0.29, 0.717) is 6.54 Å². The van der Waals surface area contributed by atoms with Crippen LogP contribution < -0.4 is 0 Å². The first kappa shape index (κ1) is 12.7. The molecule has 0 aliphatic rings. The second kappa shape index (κ2) is 4.25. The van der Waals surface area contributed by atoms with Crippen LogP contribution in [0.2, 0.25) is 0 Å². The van der Waals surface area contributed by atoms with Gasteiger partial charge in [-0.25, -0.2) is 18.2 Å². The average Bonchev–Trinajstić information content (AvgIpc) is 2.61. The minimum absolute atomic E-state index is 0.178. The van der Waals surface area contributed by atoms with Gasteiger partial charge in [0.1, 0.15) is 0 Å². The lowest BCUT2D eigenvalue weighted by Crippen LogP contribution is -2.19. The molecule has 1 aromatic heterocycles. The van der Waals surface area contributed by atoms with E-state index in [4.69, 9.17) is 5.11 Å². The minimum Gasteiger partial charge on any atom is -0.476 e. The summed E-state index contributed by atoms with van der Waals surface area (Å²) < 4.78 is 25.1. The van der Waals surface area contributed by atoms with Gasteiger partial charge >= 0.3 is 5.97 Å². The van der Waals surface area contributed by atoms with E-state index < -0.39 is 21.1 Å². The first-order valence-corrected chi connectivity index (χ1v) is 6.39. The van der Waals surface area contributed by atoms with Gasteiger partial charge in [0.25, 0.3) is 0 Å². The summed E-state index contributed by atoms with van der Waals surface area (Å²) in [6, 6.07) is 0. The molecular weight excluding hydrogens is 232 g/mol. The van der Waals surface area contributed by atoms with Crippen LogP contribution in [0.3, 0.4) is 0 Å². The van der Waals surface area contributed by atoms with E-state index in [1.165, 1.54) is 24.6 Å². The lowest BCUT2D eigenvalue weighted by atomic mass is 10.5. The van der Waals surface area contributed by atoms with Crippen LogP contribution in [0.5, 0.6) is 0 Å². The van der Waals surface area contributed by atoms with E-state index in [0.717, 1.165) is 0 Å². The number of aromatic carboxylic acids is 1. The van der Waals surface area contributed by atoms with Gasteiger partial charge in [0.05, 0.1) is 5.25 Å². The normalized spacial score (nSPS) is 12.0. The zero-order chi connectivity index (χ0) is 12.5. The standard InChI is InChI=1S/C9H14N2O4S/c1-4-11-5-7(8(12)13)10-9(11)16(14,15)6(2)3/h5-6H,4H2,1-3H3,(H,12,13). The molecule has 1 rings (SSSR count). The second-order valence-electron chi connectivity index (χ2n) is 3.59. The number of carbonyl (C=O) groups is 1. The molecule has 90 valence electrons. The van der Waals surface area contributed by atoms with Crippen molar-refractivity contribution < 1.29 is 18.3 Å². The van der Waals surface area contributed by atoms with Crippen molar-refractivity contribution in [1.82, 2.24) is 9.55 Å². The highest BCUT2D eigenvalue weighted by atomic mass is 32.2. The smallest absolute Gasteiger partial charge is 0.356 e. The molecule has 0 bridgehead atoms. The van der Waals surface area contributed by atoms with Gasteiger partial charge in [-0.1, -0.05) is 0 Å². The number of imidazole rings is 1. The Kier molecular flexibility index (Phi) is 3.37. The molecule has 0 amide bonds. The number of aromatic nitrogens is 2. The van der Waals surface area contributed by atoms with Crippen LogP contribution in [0.25, 0.3) is 0 Å². The molecule has 0 aliphatic carbocycles. The van der Waals surface area contributed by atoms with Crippen molar-refractivity contribution in [2.24, 2.45) is 0 Å². The number of hydrogen-bond acceptors (Lipinski definition) is 4. The van der Waals surface area contributed by atoms with Crippen LogP contribution in [0.4, 0.5) is 0 Å². The predicted molar refractivity (Wildman–Crippen MR) is 57.2 cm³/mol. The van der Waals surface area contributed by atoms with E-state index in [1.807, 2.05) is 0 Å². The minimum atomic E-state index is -3.54. The molecule has 0 fully saturated rings. The van der Waals surface area contributed by atoms with E-state index >= 15 is 0 Å². The quantitative estimate of drug-likeness (QED) is 0.848. The first-order chi connectivity index (χ1) is 7.30. The van der Waals surface area contributed by atoms with Crippen LogP contribution in [-0.4, -0.2) is 34.3 Å². The number of aryl methyl sites for hydroxylation is 1. The number of nitrogens with zero attached hydrogens (tertiary/aromatic N) is 2. The highest BCUT2D eigenvalue weighted by Crippen LogP contribution is 2.15. The molecule has 6 nitrogen and oxygen atoms in total. The fourth-order valence-electron chi connectivity index (χ4n) is 1.17. The lowest BCUT2D eigenvalue weighted by molar-refractivity contribution is 0.0690. The van der Waals surface area contributed by atoms with Gasteiger partial charge in [-0.05, 0) is 20.8 Å². The molecule has 1 heterocycles. The van der Waals surface area contributed by atoms with Gasteiger partial charge < -0.3 is 9.67 Å². The highest BCUT2D eigenvalue weighted by Gasteiger charge is 2.26. The molecule has 1 N–H and O–H groups in total. The number of sulfone groups is 1. The Balaban J connectivity index is 3.39. The van der Waals surface area contributed by atoms with Crippen molar-refractivity contribution in [3.8, 4) is 0 Å². The van der Waals surface area contributed by atoms with Crippen LogP contribution in [0, 0.1) is 0 Å². The van der Waals surface area contributed by atoms with Crippen molar-refractivity contribution in [3.05, 3.63) is 11.9 Å². The largest absolute Gasteiger partial charge is 0.476 e. The molecule has 0 atom stereocenters. The van der Waals surface area contributed by atoms with Crippen molar-refractivity contribution in [2.75, 3.05) is 0 Å². The van der Waals surface area contributed by atoms with Crippen molar-refractivity contribution in [1.29, 1.82) is 0 Å². The van der Waals surface area contributed by atoms with Crippen molar-refractivity contribution in [3.63, 3.8) is 0 Å². The Bertz CT molecular complexity index is 502. The van der Waals surface area contributed by atoms with Crippen LogP contribution in [-0.2, 0) is 16.4 Å². The number of rotatable bonds is 4. The number of hydrogen-bond donors (Lipinski definition) is 1. The summed E-state index contributed by atoms with van der Waals surface area (Å²) in [4.78, 5) is 14.4. The summed E-state index contributed by atoms with van der Waals surface area (Å²) in [5.74, 6) is -1.23. The van der Waals surface area contributed by atoms with Gasteiger partial charge in [0, 0.05) is 12.7 Å². The summed E-state index contributed by atoms with van der Waals surface area (Å²) in [5.41, 5.74) is -0.249. The molecule has 0 radical (unpaired) electrons. The van der Waals surface area contributed by atoms with Gasteiger partial charge in [-0.2, -0.15) is 0 Å². The third-order valence-electron chi connectivity index (χ3n) is 2.17. The summed E-state index contributed by atoms with van der Waals surface area (Å²) in [6.07, 6.45) is 1.23. The fourth-order valence-corrected chi connectivity index (χ4v) is 2.32. The third-order valence-corrected chi connectivity index (χ3v) is 4.25. The highest BCUT2D eigenvalue weighted by molar-refractivity contribution is 7.91. The Morgan fingerprint density at radius 3 is 2.50 bits per heavy atom. The molecule has 0 unspecified atom stereocenters.